The van der Waals surface area contributed by atoms with Gasteiger partial charge < -0.3 is 4.74 Å². The highest BCUT2D eigenvalue weighted by molar-refractivity contribution is 8.13. The molecule has 6 heteroatoms. The third-order valence-electron chi connectivity index (χ3n) is 4.40. The summed E-state index contributed by atoms with van der Waals surface area (Å²) in [7, 11) is 0. The van der Waals surface area contributed by atoms with E-state index in [4.69, 9.17) is 4.74 Å². The number of fused-ring (bicyclic) bond motifs is 1. The predicted molar refractivity (Wildman–Crippen MR) is 106 cm³/mol. The van der Waals surface area contributed by atoms with Crippen LogP contribution in [0.3, 0.4) is 0 Å². The molecule has 0 N–H and O–H groups in total. The second-order valence-electron chi connectivity index (χ2n) is 6.42. The highest BCUT2D eigenvalue weighted by Crippen LogP contribution is 2.28. The lowest BCUT2D eigenvalue weighted by atomic mass is 10.1. The Kier molecular flexibility index (Phi) is 5.25. The van der Waals surface area contributed by atoms with Crippen LogP contribution in [0.4, 0.5) is 4.39 Å². The van der Waals surface area contributed by atoms with Crippen molar-refractivity contribution in [3.8, 4) is 5.75 Å². The third kappa shape index (κ3) is 4.22. The quantitative estimate of drug-likeness (QED) is 0.733. The first kappa shape index (κ1) is 17.8. The lowest BCUT2D eigenvalue weighted by molar-refractivity contribution is -0.122. The van der Waals surface area contributed by atoms with Crippen LogP contribution in [-0.2, 0) is 11.4 Å². The van der Waals surface area contributed by atoms with Gasteiger partial charge in [0.2, 0.25) is 0 Å². The van der Waals surface area contributed by atoms with Gasteiger partial charge in [-0.3, -0.25) is 9.69 Å². The number of halogens is 1. The Labute approximate surface area is 161 Å². The largest absolute Gasteiger partial charge is 0.489 e. The van der Waals surface area contributed by atoms with Crippen LogP contribution < -0.4 is 4.74 Å². The number of thioether (sulfide) groups is 1. The van der Waals surface area contributed by atoms with Crippen molar-refractivity contribution < 1.29 is 13.9 Å². The van der Waals surface area contributed by atoms with E-state index >= 15 is 0 Å². The molecule has 4 nitrogen and oxygen atoms in total. The van der Waals surface area contributed by atoms with E-state index in [1.54, 1.807) is 34.9 Å². The lowest BCUT2D eigenvalue weighted by Crippen LogP contribution is -2.30. The van der Waals surface area contributed by atoms with Gasteiger partial charge >= 0.3 is 0 Å². The minimum Gasteiger partial charge on any atom is -0.489 e. The van der Waals surface area contributed by atoms with E-state index in [2.05, 4.69) is 4.99 Å². The number of carbonyl (C=O) groups is 1. The summed E-state index contributed by atoms with van der Waals surface area (Å²) < 4.78 is 18.8. The smallest absolute Gasteiger partial charge is 0.278 e. The molecule has 1 fully saturated rings. The van der Waals surface area contributed by atoms with Gasteiger partial charge in [0.05, 0.1) is 0 Å². The van der Waals surface area contributed by atoms with Crippen LogP contribution in [0.1, 0.15) is 24.0 Å². The first-order valence-corrected chi connectivity index (χ1v) is 9.90. The fourth-order valence-corrected chi connectivity index (χ4v) is 4.00. The van der Waals surface area contributed by atoms with Crippen molar-refractivity contribution in [2.45, 2.75) is 19.4 Å². The van der Waals surface area contributed by atoms with Gasteiger partial charge in [-0.1, -0.05) is 36.0 Å². The number of benzene rings is 2. The third-order valence-corrected chi connectivity index (χ3v) is 5.46. The first-order valence-electron chi connectivity index (χ1n) is 8.91. The monoisotopic (exact) mass is 382 g/mol. The van der Waals surface area contributed by atoms with Gasteiger partial charge in [-0.05, 0) is 54.3 Å². The van der Waals surface area contributed by atoms with Crippen molar-refractivity contribution in [3.63, 3.8) is 0 Å². The van der Waals surface area contributed by atoms with Crippen LogP contribution in [0.15, 0.2) is 59.2 Å². The highest BCUT2D eigenvalue weighted by Gasteiger charge is 2.31. The molecule has 2 aromatic rings. The van der Waals surface area contributed by atoms with Crippen LogP contribution >= 0.6 is 11.8 Å². The lowest BCUT2D eigenvalue weighted by Gasteiger charge is -2.13. The molecule has 0 spiro atoms. The minimum absolute atomic E-state index is 0.0305. The predicted octanol–water partition coefficient (Wildman–Crippen LogP) is 4.47. The second kappa shape index (κ2) is 7.96. The Morgan fingerprint density at radius 1 is 1.19 bits per heavy atom. The standard InChI is InChI=1S/C21H19FN2O2S/c22-17-8-6-15(7-9-17)14-26-18-5-3-4-16(12-18)13-19-20(25)24-10-1-2-11-27-21(24)23-19/h3-9,12-13H,1-2,10-11,14H2/b19-13-. The van der Waals surface area contributed by atoms with Crippen LogP contribution in [0.2, 0.25) is 0 Å². The Morgan fingerprint density at radius 3 is 2.89 bits per heavy atom. The average Bonchev–Trinajstić information content (AvgIpc) is 2.85. The SMILES string of the molecule is O=C1/C(=C/c2cccc(OCc3ccc(F)cc3)c2)N=C2SCCCCN12. The molecule has 0 radical (unpaired) electrons. The number of rotatable bonds is 4. The fraction of sp³-hybridized carbons (Fsp3) is 0.238. The Bertz CT molecular complexity index is 909. The minimum atomic E-state index is -0.264. The summed E-state index contributed by atoms with van der Waals surface area (Å²) >= 11 is 1.65. The van der Waals surface area contributed by atoms with E-state index in [0.717, 1.165) is 41.4 Å². The molecule has 2 aliphatic heterocycles. The van der Waals surface area contributed by atoms with Crippen molar-refractivity contribution in [1.82, 2.24) is 4.90 Å². The number of hydrogen-bond donors (Lipinski definition) is 0. The van der Waals surface area contributed by atoms with Crippen molar-refractivity contribution in [2.24, 2.45) is 4.99 Å². The molecule has 0 atom stereocenters. The molecule has 27 heavy (non-hydrogen) atoms. The van der Waals surface area contributed by atoms with Crippen LogP contribution in [0, 0.1) is 5.82 Å². The van der Waals surface area contributed by atoms with Crippen molar-refractivity contribution >= 4 is 28.9 Å². The van der Waals surface area contributed by atoms with Crippen molar-refractivity contribution in [1.29, 1.82) is 0 Å². The molecule has 2 aliphatic rings. The van der Waals surface area contributed by atoms with Crippen LogP contribution in [0.5, 0.6) is 5.75 Å². The topological polar surface area (TPSA) is 41.9 Å². The van der Waals surface area contributed by atoms with E-state index in [1.165, 1.54) is 12.1 Å². The van der Waals surface area contributed by atoms with Gasteiger partial charge in [0.25, 0.3) is 5.91 Å². The Morgan fingerprint density at radius 2 is 2.04 bits per heavy atom. The number of nitrogens with zero attached hydrogens (tertiary/aromatic N) is 2. The number of amides is 1. The maximum atomic E-state index is 13.0. The van der Waals surface area contributed by atoms with E-state index in [9.17, 15) is 9.18 Å². The molecule has 0 saturated carbocycles. The summed E-state index contributed by atoms with van der Waals surface area (Å²) in [6.45, 7) is 1.09. The highest BCUT2D eigenvalue weighted by atomic mass is 32.2. The molecule has 1 saturated heterocycles. The number of aliphatic imine (C=N–C) groups is 1. The normalized spacial score (nSPS) is 18.3. The molecule has 0 bridgehead atoms. The zero-order valence-corrected chi connectivity index (χ0v) is 15.5. The molecule has 2 aromatic carbocycles. The molecule has 0 unspecified atom stereocenters. The molecule has 2 heterocycles. The van der Waals surface area contributed by atoms with Crippen molar-refractivity contribution in [3.05, 3.63) is 71.2 Å². The number of hydrogen-bond acceptors (Lipinski definition) is 4. The molecule has 0 aromatic heterocycles. The van der Waals surface area contributed by atoms with Gasteiger partial charge in [-0.15, -0.1) is 0 Å². The first-order chi connectivity index (χ1) is 13.2. The Hall–Kier alpha value is -2.60. The van der Waals surface area contributed by atoms with Gasteiger partial charge in [0, 0.05) is 12.3 Å². The maximum absolute atomic E-state index is 13.0. The van der Waals surface area contributed by atoms with Gasteiger partial charge in [-0.25, -0.2) is 9.38 Å². The van der Waals surface area contributed by atoms with Gasteiger partial charge in [0.1, 0.15) is 23.9 Å². The molecule has 1 amide bonds. The van der Waals surface area contributed by atoms with Gasteiger partial charge in [0.15, 0.2) is 5.17 Å². The van der Waals surface area contributed by atoms with E-state index < -0.39 is 0 Å². The molecule has 0 aliphatic carbocycles. The maximum Gasteiger partial charge on any atom is 0.278 e. The average molecular weight is 382 g/mol. The van der Waals surface area contributed by atoms with E-state index in [1.807, 2.05) is 24.3 Å². The summed E-state index contributed by atoms with van der Waals surface area (Å²) in [5.74, 6) is 1.40. The molecule has 4 rings (SSSR count). The van der Waals surface area contributed by atoms with Crippen LogP contribution in [-0.4, -0.2) is 28.3 Å². The van der Waals surface area contributed by atoms with Gasteiger partial charge in [-0.2, -0.15) is 0 Å². The number of carbonyl (C=O) groups excluding carboxylic acids is 1. The summed E-state index contributed by atoms with van der Waals surface area (Å²) in [4.78, 5) is 18.9. The number of amidine groups is 1. The fourth-order valence-electron chi connectivity index (χ4n) is 2.97. The summed E-state index contributed by atoms with van der Waals surface area (Å²) in [6, 6.07) is 13.8. The summed E-state index contributed by atoms with van der Waals surface area (Å²) in [5, 5.41) is 0.812. The summed E-state index contributed by atoms with van der Waals surface area (Å²) in [6.07, 6.45) is 3.92. The zero-order valence-electron chi connectivity index (χ0n) is 14.7. The number of ether oxygens (including phenoxy) is 1. The van der Waals surface area contributed by atoms with Crippen LogP contribution in [0.25, 0.3) is 6.08 Å². The van der Waals surface area contributed by atoms with E-state index in [-0.39, 0.29) is 11.7 Å². The second-order valence-corrected chi connectivity index (χ2v) is 7.49. The Balaban J connectivity index is 1.48. The molecular formula is C21H19FN2O2S. The van der Waals surface area contributed by atoms with Crippen molar-refractivity contribution in [2.75, 3.05) is 12.3 Å². The summed E-state index contributed by atoms with van der Waals surface area (Å²) in [5.41, 5.74) is 2.22. The zero-order chi connectivity index (χ0) is 18.6. The van der Waals surface area contributed by atoms with E-state index in [0.29, 0.717) is 18.1 Å². The molecule has 138 valence electrons. The molecular weight excluding hydrogens is 363 g/mol.